The predicted octanol–water partition coefficient (Wildman–Crippen LogP) is 0.539. The molecule has 0 radical (unpaired) electrons. The summed E-state index contributed by atoms with van der Waals surface area (Å²) in [5.74, 6) is 0. The number of nitrogens with zero attached hydrogens (tertiary/aromatic N) is 1. The van der Waals surface area contributed by atoms with Crippen LogP contribution < -0.4 is 5.73 Å². The molecule has 2 N–H and O–H groups in total. The van der Waals surface area contributed by atoms with Crippen molar-refractivity contribution in [1.82, 2.24) is 4.90 Å². The Morgan fingerprint density at radius 1 is 1.40 bits per heavy atom. The van der Waals surface area contributed by atoms with E-state index in [1.807, 2.05) is 0 Å². The molecule has 0 aromatic rings. The largest absolute Gasteiger partial charge is 0.459 e. The van der Waals surface area contributed by atoms with E-state index < -0.39 is 6.30 Å². The second-order valence-corrected chi connectivity index (χ2v) is 2.46. The third-order valence-corrected chi connectivity index (χ3v) is 1.58. The van der Waals surface area contributed by atoms with Gasteiger partial charge in [0.15, 0.2) is 0 Å². The van der Waals surface area contributed by atoms with Gasteiger partial charge in [-0.25, -0.2) is 4.90 Å². The number of hydrogen-bond donors (Lipinski definition) is 1. The maximum absolute atomic E-state index is 11.8. The van der Waals surface area contributed by atoms with E-state index in [-0.39, 0.29) is 19.1 Å². The third-order valence-electron chi connectivity index (χ3n) is 1.58. The normalized spacial score (nSPS) is 29.4. The average Bonchev–Trinajstić information content (AvgIpc) is 2.11. The molecule has 2 nitrogen and oxygen atoms in total. The van der Waals surface area contributed by atoms with Crippen LogP contribution in [0.3, 0.4) is 0 Å². The Labute approximate surface area is 56.8 Å². The van der Waals surface area contributed by atoms with E-state index in [0.717, 1.165) is 0 Å². The summed E-state index contributed by atoms with van der Waals surface area (Å²) in [6, 6.07) is -0.304. The summed E-state index contributed by atoms with van der Waals surface area (Å²) < 4.78 is 35.4. The lowest BCUT2D eigenvalue weighted by Gasteiger charge is -2.17. The first-order valence-electron chi connectivity index (χ1n) is 3.07. The number of nitrogens with two attached hydrogens (primary N) is 1. The van der Waals surface area contributed by atoms with Crippen molar-refractivity contribution in [1.29, 1.82) is 0 Å². The SMILES string of the molecule is N[C@H]1CCN(C(F)(F)F)C1. The Kier molecular flexibility index (Phi) is 1.87. The Morgan fingerprint density at radius 3 is 2.20 bits per heavy atom. The molecular weight excluding hydrogens is 145 g/mol. The van der Waals surface area contributed by atoms with E-state index in [1.54, 1.807) is 0 Å². The lowest BCUT2D eigenvalue weighted by molar-refractivity contribution is -0.238. The maximum atomic E-state index is 11.8. The van der Waals surface area contributed by atoms with Gasteiger partial charge in [0.05, 0.1) is 0 Å². The van der Waals surface area contributed by atoms with E-state index in [0.29, 0.717) is 11.3 Å². The molecule has 0 bridgehead atoms. The Balaban J connectivity index is 2.45. The standard InChI is InChI=1S/C5H9F3N2/c6-5(7,8)10-2-1-4(9)3-10/h4H,1-3,9H2/t4-/m0/s1. The zero-order valence-electron chi connectivity index (χ0n) is 5.36. The van der Waals surface area contributed by atoms with E-state index in [4.69, 9.17) is 5.73 Å². The van der Waals surface area contributed by atoms with E-state index in [2.05, 4.69) is 0 Å². The molecule has 1 rings (SSSR count). The van der Waals surface area contributed by atoms with Gasteiger partial charge in [-0.05, 0) is 6.42 Å². The molecule has 0 aromatic carbocycles. The van der Waals surface area contributed by atoms with Gasteiger partial charge in [0.1, 0.15) is 0 Å². The molecule has 1 aliphatic rings. The fourth-order valence-electron chi connectivity index (χ4n) is 1.02. The van der Waals surface area contributed by atoms with Crippen molar-refractivity contribution in [3.05, 3.63) is 0 Å². The Hall–Kier alpha value is -0.290. The number of halogens is 3. The van der Waals surface area contributed by atoms with Crippen molar-refractivity contribution >= 4 is 0 Å². The molecule has 5 heteroatoms. The highest BCUT2D eigenvalue weighted by molar-refractivity contribution is 4.78. The van der Waals surface area contributed by atoms with Crippen molar-refractivity contribution in [3.63, 3.8) is 0 Å². The number of likely N-dealkylation sites (tertiary alicyclic amines) is 1. The van der Waals surface area contributed by atoms with Gasteiger partial charge in [-0.1, -0.05) is 0 Å². The van der Waals surface area contributed by atoms with E-state index >= 15 is 0 Å². The molecule has 60 valence electrons. The van der Waals surface area contributed by atoms with Crippen molar-refractivity contribution in [2.24, 2.45) is 5.73 Å². The molecule has 0 aliphatic carbocycles. The molecule has 0 saturated carbocycles. The van der Waals surface area contributed by atoms with Crippen LogP contribution in [-0.2, 0) is 0 Å². The van der Waals surface area contributed by atoms with Crippen LogP contribution in [0.1, 0.15) is 6.42 Å². The van der Waals surface area contributed by atoms with Gasteiger partial charge in [-0.15, -0.1) is 0 Å². The molecule has 1 heterocycles. The van der Waals surface area contributed by atoms with Crippen molar-refractivity contribution < 1.29 is 13.2 Å². The summed E-state index contributed by atoms with van der Waals surface area (Å²) in [7, 11) is 0. The zero-order valence-corrected chi connectivity index (χ0v) is 5.36. The summed E-state index contributed by atoms with van der Waals surface area (Å²) in [5, 5.41) is 0. The second kappa shape index (κ2) is 2.39. The topological polar surface area (TPSA) is 29.3 Å². The average molecular weight is 154 g/mol. The van der Waals surface area contributed by atoms with Crippen molar-refractivity contribution in [2.45, 2.75) is 18.8 Å². The molecule has 0 spiro atoms. The molecular formula is C5H9F3N2. The fourth-order valence-corrected chi connectivity index (χ4v) is 1.02. The van der Waals surface area contributed by atoms with Crippen LogP contribution in [0.2, 0.25) is 0 Å². The van der Waals surface area contributed by atoms with Gasteiger partial charge in [0.25, 0.3) is 0 Å². The maximum Gasteiger partial charge on any atom is 0.459 e. The van der Waals surface area contributed by atoms with E-state index in [9.17, 15) is 13.2 Å². The van der Waals surface area contributed by atoms with Crippen molar-refractivity contribution in [2.75, 3.05) is 13.1 Å². The van der Waals surface area contributed by atoms with Gasteiger partial charge in [0.2, 0.25) is 0 Å². The molecule has 1 saturated heterocycles. The molecule has 1 fully saturated rings. The highest BCUT2D eigenvalue weighted by Gasteiger charge is 2.40. The molecule has 1 atom stereocenters. The summed E-state index contributed by atoms with van der Waals surface area (Å²) in [4.78, 5) is 0.442. The summed E-state index contributed by atoms with van der Waals surface area (Å²) in [6.45, 7) is -0.00579. The minimum atomic E-state index is -4.19. The highest BCUT2D eigenvalue weighted by atomic mass is 19.4. The number of alkyl halides is 3. The molecule has 0 amide bonds. The third kappa shape index (κ3) is 1.60. The summed E-state index contributed by atoms with van der Waals surface area (Å²) in [6.07, 6.45) is -3.74. The predicted molar refractivity (Wildman–Crippen MR) is 30.2 cm³/mol. The van der Waals surface area contributed by atoms with Gasteiger partial charge >= 0.3 is 6.30 Å². The molecule has 1 aliphatic heterocycles. The monoisotopic (exact) mass is 154 g/mol. The minimum Gasteiger partial charge on any atom is -0.326 e. The van der Waals surface area contributed by atoms with Crippen LogP contribution >= 0.6 is 0 Å². The van der Waals surface area contributed by atoms with Gasteiger partial charge in [0, 0.05) is 19.1 Å². The van der Waals surface area contributed by atoms with Crippen LogP contribution in [0.15, 0.2) is 0 Å². The first-order chi connectivity index (χ1) is 4.50. The number of rotatable bonds is 0. The lowest BCUT2D eigenvalue weighted by atomic mass is 10.3. The smallest absolute Gasteiger partial charge is 0.326 e. The van der Waals surface area contributed by atoms with Gasteiger partial charge < -0.3 is 5.73 Å². The Bertz CT molecular complexity index is 123. The van der Waals surface area contributed by atoms with Crippen LogP contribution in [0.5, 0.6) is 0 Å². The minimum absolute atomic E-state index is 0.0463. The van der Waals surface area contributed by atoms with E-state index in [1.165, 1.54) is 0 Å². The van der Waals surface area contributed by atoms with Crippen LogP contribution in [-0.4, -0.2) is 30.3 Å². The fraction of sp³-hybridized carbons (Fsp3) is 1.00. The molecule has 0 aromatic heterocycles. The van der Waals surface area contributed by atoms with Gasteiger partial charge in [-0.3, -0.25) is 0 Å². The lowest BCUT2D eigenvalue weighted by Crippen LogP contribution is -2.37. The quantitative estimate of drug-likeness (QED) is 0.516. The summed E-state index contributed by atoms with van der Waals surface area (Å²) >= 11 is 0. The van der Waals surface area contributed by atoms with Gasteiger partial charge in [-0.2, -0.15) is 13.2 Å². The van der Waals surface area contributed by atoms with Crippen LogP contribution in [0.4, 0.5) is 13.2 Å². The molecule has 10 heavy (non-hydrogen) atoms. The second-order valence-electron chi connectivity index (χ2n) is 2.46. The molecule has 0 unspecified atom stereocenters. The van der Waals surface area contributed by atoms with Crippen molar-refractivity contribution in [3.8, 4) is 0 Å². The van der Waals surface area contributed by atoms with Crippen LogP contribution in [0.25, 0.3) is 0 Å². The summed E-state index contributed by atoms with van der Waals surface area (Å²) in [5.41, 5.74) is 5.28. The van der Waals surface area contributed by atoms with Crippen LogP contribution in [0, 0.1) is 0 Å². The number of hydrogen-bond acceptors (Lipinski definition) is 2. The zero-order chi connectivity index (χ0) is 7.78. The highest BCUT2D eigenvalue weighted by Crippen LogP contribution is 2.24. The first-order valence-corrected chi connectivity index (χ1v) is 3.07. The Morgan fingerprint density at radius 2 is 2.00 bits per heavy atom. The first kappa shape index (κ1) is 7.81.